The van der Waals surface area contributed by atoms with Gasteiger partial charge >= 0.3 is 5.97 Å². The number of hydrogen-bond donors (Lipinski definition) is 1. The Balaban J connectivity index is 3.15. The number of nitrogens with zero attached hydrogens (tertiary/aromatic N) is 1. The number of anilines is 1. The van der Waals surface area contributed by atoms with E-state index in [0.29, 0.717) is 0 Å². The highest BCUT2D eigenvalue weighted by molar-refractivity contribution is 6.17. The number of alkyl halides is 3. The smallest absolute Gasteiger partial charge is 0.311 e. The fourth-order valence-corrected chi connectivity index (χ4v) is 1.49. The molecule has 0 aliphatic carbocycles. The van der Waals surface area contributed by atoms with Gasteiger partial charge in [0.15, 0.2) is 0 Å². The summed E-state index contributed by atoms with van der Waals surface area (Å²) in [5.41, 5.74) is 5.52. The Hall–Kier alpha value is -1.43. The number of halogens is 3. The lowest BCUT2D eigenvalue weighted by Gasteiger charge is -2.10. The molecule has 0 bridgehead atoms. The van der Waals surface area contributed by atoms with E-state index >= 15 is 0 Å². The molecule has 4 nitrogen and oxygen atoms in total. The molecule has 0 aromatic carbocycles. The van der Waals surface area contributed by atoms with Crippen LogP contribution in [0.15, 0.2) is 6.07 Å². The third-order valence-corrected chi connectivity index (χ3v) is 2.43. The number of rotatable bonds is 4. The first-order chi connectivity index (χ1) is 7.99. The molecule has 94 valence electrons. The van der Waals surface area contributed by atoms with Gasteiger partial charge in [-0.25, -0.2) is 13.8 Å². The summed E-state index contributed by atoms with van der Waals surface area (Å²) in [7, 11) is 1.19. The van der Waals surface area contributed by atoms with Crippen molar-refractivity contribution in [3.63, 3.8) is 0 Å². The maximum Gasteiger partial charge on any atom is 0.311 e. The summed E-state index contributed by atoms with van der Waals surface area (Å²) in [4.78, 5) is 14.7. The summed E-state index contributed by atoms with van der Waals surface area (Å²) >= 11 is 5.51. The molecule has 1 aromatic rings. The van der Waals surface area contributed by atoms with E-state index in [0.717, 1.165) is 0 Å². The summed E-state index contributed by atoms with van der Waals surface area (Å²) in [5, 5.41) is 0. The summed E-state index contributed by atoms with van der Waals surface area (Å²) in [5.74, 6) is -0.710. The van der Waals surface area contributed by atoms with E-state index in [1.807, 2.05) is 0 Å². The average molecular weight is 265 g/mol. The monoisotopic (exact) mass is 264 g/mol. The average Bonchev–Trinajstić information content (AvgIpc) is 2.30. The highest BCUT2D eigenvalue weighted by Crippen LogP contribution is 2.26. The van der Waals surface area contributed by atoms with Gasteiger partial charge in [-0.3, -0.25) is 4.79 Å². The van der Waals surface area contributed by atoms with Gasteiger partial charge in [-0.1, -0.05) is 0 Å². The first-order valence-corrected chi connectivity index (χ1v) is 5.22. The number of esters is 1. The van der Waals surface area contributed by atoms with Gasteiger partial charge in [0.05, 0.1) is 24.9 Å². The highest BCUT2D eigenvalue weighted by atomic mass is 35.5. The van der Waals surface area contributed by atoms with Crippen LogP contribution in [0.4, 0.5) is 14.5 Å². The Morgan fingerprint density at radius 1 is 1.65 bits per heavy atom. The Labute approximate surface area is 102 Å². The van der Waals surface area contributed by atoms with Gasteiger partial charge in [0.2, 0.25) is 0 Å². The van der Waals surface area contributed by atoms with Crippen molar-refractivity contribution in [3.05, 3.63) is 23.0 Å². The predicted molar refractivity (Wildman–Crippen MR) is 58.9 cm³/mol. The van der Waals surface area contributed by atoms with Crippen molar-refractivity contribution in [2.24, 2.45) is 0 Å². The zero-order valence-corrected chi connectivity index (χ0v) is 9.80. The van der Waals surface area contributed by atoms with Crippen LogP contribution in [0.25, 0.3) is 0 Å². The van der Waals surface area contributed by atoms with Gasteiger partial charge in [0.25, 0.3) is 6.43 Å². The minimum absolute atomic E-state index is 0.0704. The second-order valence-corrected chi connectivity index (χ2v) is 3.52. The maximum absolute atomic E-state index is 12.7. The first-order valence-electron chi connectivity index (χ1n) is 4.68. The number of nitrogen functional groups attached to an aromatic ring is 1. The summed E-state index contributed by atoms with van der Waals surface area (Å²) in [6, 6.07) is 1.31. The van der Waals surface area contributed by atoms with E-state index in [-0.39, 0.29) is 29.2 Å². The van der Waals surface area contributed by atoms with E-state index in [4.69, 9.17) is 17.3 Å². The normalized spacial score (nSPS) is 10.6. The Kier molecular flexibility index (Phi) is 4.62. The molecule has 1 rings (SSSR count). The van der Waals surface area contributed by atoms with Crippen LogP contribution in [0.5, 0.6) is 0 Å². The molecule has 7 heteroatoms. The Morgan fingerprint density at radius 3 is 2.76 bits per heavy atom. The van der Waals surface area contributed by atoms with E-state index in [9.17, 15) is 13.6 Å². The van der Waals surface area contributed by atoms with Crippen LogP contribution in [0.1, 0.15) is 23.4 Å². The van der Waals surface area contributed by atoms with E-state index < -0.39 is 18.1 Å². The van der Waals surface area contributed by atoms with Gasteiger partial charge in [0, 0.05) is 5.88 Å². The van der Waals surface area contributed by atoms with Crippen molar-refractivity contribution in [2.45, 2.75) is 18.7 Å². The lowest BCUT2D eigenvalue weighted by Crippen LogP contribution is -2.11. The molecule has 0 aliphatic heterocycles. The van der Waals surface area contributed by atoms with Crippen molar-refractivity contribution in [3.8, 4) is 0 Å². The van der Waals surface area contributed by atoms with Crippen molar-refractivity contribution < 1.29 is 18.3 Å². The SMILES string of the molecule is COC(=O)Cc1nc(C(F)F)c(CCl)cc1N. The zero-order valence-electron chi connectivity index (χ0n) is 9.04. The number of carbonyl (C=O) groups is 1. The molecule has 2 N–H and O–H groups in total. The van der Waals surface area contributed by atoms with Gasteiger partial charge in [-0.2, -0.15) is 0 Å². The molecule has 1 aromatic heterocycles. The molecule has 0 saturated heterocycles. The Morgan fingerprint density at radius 2 is 2.29 bits per heavy atom. The summed E-state index contributed by atoms with van der Waals surface area (Å²) in [6.45, 7) is 0. The third-order valence-electron chi connectivity index (χ3n) is 2.14. The lowest BCUT2D eigenvalue weighted by atomic mass is 10.1. The molecule has 0 unspecified atom stereocenters. The molecule has 1 heterocycles. The number of aromatic nitrogens is 1. The zero-order chi connectivity index (χ0) is 13.0. The van der Waals surface area contributed by atoms with Crippen molar-refractivity contribution in [2.75, 3.05) is 12.8 Å². The summed E-state index contributed by atoms with van der Waals surface area (Å²) in [6.07, 6.45) is -3.01. The van der Waals surface area contributed by atoms with Gasteiger partial charge in [-0.15, -0.1) is 11.6 Å². The van der Waals surface area contributed by atoms with Crippen LogP contribution in [-0.4, -0.2) is 18.1 Å². The van der Waals surface area contributed by atoms with Gasteiger partial charge in [0.1, 0.15) is 5.69 Å². The lowest BCUT2D eigenvalue weighted by molar-refractivity contribution is -0.139. The molecular formula is C10H11ClF2N2O2. The molecule has 0 spiro atoms. The number of nitrogens with two attached hydrogens (primary N) is 1. The van der Waals surface area contributed by atoms with Crippen LogP contribution in [0.2, 0.25) is 0 Å². The topological polar surface area (TPSA) is 65.2 Å². The molecule has 0 atom stereocenters. The second kappa shape index (κ2) is 5.77. The molecule has 0 amide bonds. The van der Waals surface area contributed by atoms with Crippen molar-refractivity contribution in [1.82, 2.24) is 4.98 Å². The van der Waals surface area contributed by atoms with Gasteiger partial charge in [-0.05, 0) is 11.6 Å². The molecule has 17 heavy (non-hydrogen) atoms. The molecule has 0 fully saturated rings. The fraction of sp³-hybridized carbons (Fsp3) is 0.400. The standard InChI is InChI=1S/C10H11ClF2N2O2/c1-17-8(16)3-7-6(14)2-5(4-11)9(15-7)10(12)13/h2,10H,3-4,14H2,1H3. The number of hydrogen-bond acceptors (Lipinski definition) is 4. The predicted octanol–water partition coefficient (Wildman–Crippen LogP) is 2.06. The van der Waals surface area contributed by atoms with Crippen molar-refractivity contribution >= 4 is 23.3 Å². The van der Waals surface area contributed by atoms with Gasteiger partial charge < -0.3 is 10.5 Å². The second-order valence-electron chi connectivity index (χ2n) is 3.26. The van der Waals surface area contributed by atoms with E-state index in [1.54, 1.807) is 0 Å². The number of pyridine rings is 1. The maximum atomic E-state index is 12.7. The third kappa shape index (κ3) is 3.26. The number of ether oxygens (including phenoxy) is 1. The quantitative estimate of drug-likeness (QED) is 0.668. The number of methoxy groups -OCH3 is 1. The number of carbonyl (C=O) groups excluding carboxylic acids is 1. The minimum atomic E-state index is -2.76. The largest absolute Gasteiger partial charge is 0.469 e. The summed E-state index contributed by atoms with van der Waals surface area (Å²) < 4.78 is 29.8. The molecule has 0 saturated carbocycles. The Bertz CT molecular complexity index is 427. The van der Waals surface area contributed by atoms with Crippen LogP contribution in [0.3, 0.4) is 0 Å². The van der Waals surface area contributed by atoms with Crippen LogP contribution in [0, 0.1) is 0 Å². The van der Waals surface area contributed by atoms with E-state index in [2.05, 4.69) is 9.72 Å². The highest BCUT2D eigenvalue weighted by Gasteiger charge is 2.18. The first kappa shape index (κ1) is 13.6. The van der Waals surface area contributed by atoms with Crippen LogP contribution in [-0.2, 0) is 21.8 Å². The molecule has 0 radical (unpaired) electrons. The molecule has 0 aliphatic rings. The van der Waals surface area contributed by atoms with E-state index in [1.165, 1.54) is 13.2 Å². The van der Waals surface area contributed by atoms with Crippen molar-refractivity contribution in [1.29, 1.82) is 0 Å². The minimum Gasteiger partial charge on any atom is -0.469 e. The van der Waals surface area contributed by atoms with Crippen LogP contribution < -0.4 is 5.73 Å². The fourth-order valence-electron chi connectivity index (χ4n) is 1.27. The van der Waals surface area contributed by atoms with Crippen LogP contribution >= 0.6 is 11.6 Å². The molecular weight excluding hydrogens is 254 g/mol.